The van der Waals surface area contributed by atoms with Gasteiger partial charge >= 0.3 is 0 Å². The van der Waals surface area contributed by atoms with Crippen molar-refractivity contribution in [2.45, 2.75) is 18.6 Å². The normalized spacial score (nSPS) is 14.9. The number of hydrogen-bond acceptors (Lipinski definition) is 2. The van der Waals surface area contributed by atoms with Crippen molar-refractivity contribution in [1.82, 2.24) is 15.1 Å². The Bertz CT molecular complexity index is 326. The van der Waals surface area contributed by atoms with Crippen molar-refractivity contribution in [3.8, 4) is 0 Å². The molecule has 0 aromatic carbocycles. The highest BCUT2D eigenvalue weighted by atomic mass is 35.5. The fourth-order valence-electron chi connectivity index (χ4n) is 1.16. The van der Waals surface area contributed by atoms with Crippen molar-refractivity contribution in [2.75, 3.05) is 0 Å². The Balaban J connectivity index is 2.64. The molecule has 1 aromatic heterocycles. The highest BCUT2D eigenvalue weighted by Crippen LogP contribution is 2.11. The first-order chi connectivity index (χ1) is 6.52. The minimum atomic E-state index is -2.01. The van der Waals surface area contributed by atoms with Crippen molar-refractivity contribution in [1.29, 1.82) is 0 Å². The van der Waals surface area contributed by atoms with Gasteiger partial charge in [0.1, 0.15) is 0 Å². The SMILES string of the molecule is C[C@@H](NC(=O)C(F)Cl)c1ccnn1C. The number of rotatable bonds is 3. The average Bonchev–Trinajstić information content (AvgIpc) is 2.51. The quantitative estimate of drug-likeness (QED) is 0.775. The molecular formula is C8H11ClFN3O. The van der Waals surface area contributed by atoms with Gasteiger partial charge in [-0.2, -0.15) is 5.10 Å². The predicted molar refractivity (Wildman–Crippen MR) is 50.5 cm³/mol. The van der Waals surface area contributed by atoms with Gasteiger partial charge in [-0.25, -0.2) is 4.39 Å². The third-order valence-corrected chi connectivity index (χ3v) is 2.06. The van der Waals surface area contributed by atoms with Gasteiger partial charge in [-0.1, -0.05) is 11.6 Å². The number of hydrogen-bond donors (Lipinski definition) is 1. The molecule has 1 aromatic rings. The Labute approximate surface area is 86.0 Å². The van der Waals surface area contributed by atoms with E-state index >= 15 is 0 Å². The van der Waals surface area contributed by atoms with Crippen molar-refractivity contribution in [3.05, 3.63) is 18.0 Å². The molecule has 0 fully saturated rings. The lowest BCUT2D eigenvalue weighted by Crippen LogP contribution is -2.32. The Hall–Kier alpha value is -1.10. The molecule has 0 saturated carbocycles. The minimum Gasteiger partial charge on any atom is -0.344 e. The zero-order valence-electron chi connectivity index (χ0n) is 7.87. The molecule has 78 valence electrons. The molecule has 0 saturated heterocycles. The molecule has 14 heavy (non-hydrogen) atoms. The molecule has 1 heterocycles. The molecule has 4 nitrogen and oxygen atoms in total. The fourth-order valence-corrected chi connectivity index (χ4v) is 1.22. The average molecular weight is 220 g/mol. The van der Waals surface area contributed by atoms with E-state index in [1.165, 1.54) is 0 Å². The van der Waals surface area contributed by atoms with E-state index in [-0.39, 0.29) is 6.04 Å². The van der Waals surface area contributed by atoms with Crippen LogP contribution in [0.3, 0.4) is 0 Å². The van der Waals surface area contributed by atoms with Crippen LogP contribution in [0.1, 0.15) is 18.7 Å². The molecule has 0 aliphatic carbocycles. The summed E-state index contributed by atoms with van der Waals surface area (Å²) >= 11 is 4.97. The van der Waals surface area contributed by atoms with E-state index in [0.29, 0.717) is 0 Å². The first-order valence-electron chi connectivity index (χ1n) is 4.08. The molecule has 0 radical (unpaired) electrons. The van der Waals surface area contributed by atoms with E-state index < -0.39 is 11.5 Å². The smallest absolute Gasteiger partial charge is 0.270 e. The van der Waals surface area contributed by atoms with Gasteiger partial charge in [-0.3, -0.25) is 9.48 Å². The van der Waals surface area contributed by atoms with E-state index in [1.54, 1.807) is 30.9 Å². The summed E-state index contributed by atoms with van der Waals surface area (Å²) in [4.78, 5) is 10.9. The van der Waals surface area contributed by atoms with Gasteiger partial charge < -0.3 is 5.32 Å². The van der Waals surface area contributed by atoms with Crippen molar-refractivity contribution >= 4 is 17.5 Å². The Morgan fingerprint density at radius 1 is 1.79 bits per heavy atom. The molecule has 0 aliphatic heterocycles. The van der Waals surface area contributed by atoms with Crippen LogP contribution < -0.4 is 5.32 Å². The number of amides is 1. The lowest BCUT2D eigenvalue weighted by Gasteiger charge is -2.13. The second-order valence-electron chi connectivity index (χ2n) is 2.91. The van der Waals surface area contributed by atoms with Gasteiger partial charge in [0, 0.05) is 13.2 Å². The molecule has 6 heteroatoms. The zero-order valence-corrected chi connectivity index (χ0v) is 8.62. The molecule has 1 N–H and O–H groups in total. The number of nitrogens with one attached hydrogen (secondary N) is 1. The highest BCUT2D eigenvalue weighted by Gasteiger charge is 2.17. The number of alkyl halides is 2. The number of aryl methyl sites for hydroxylation is 1. The lowest BCUT2D eigenvalue weighted by atomic mass is 10.2. The first kappa shape index (κ1) is 11.0. The van der Waals surface area contributed by atoms with E-state index in [9.17, 15) is 9.18 Å². The Kier molecular flexibility index (Phi) is 3.46. The van der Waals surface area contributed by atoms with Crippen LogP contribution >= 0.6 is 11.6 Å². The molecule has 0 aliphatic rings. The van der Waals surface area contributed by atoms with Crippen LogP contribution in [-0.2, 0) is 11.8 Å². The van der Waals surface area contributed by atoms with Gasteiger partial charge in [0.2, 0.25) is 0 Å². The van der Waals surface area contributed by atoms with Crippen LogP contribution in [0.2, 0.25) is 0 Å². The summed E-state index contributed by atoms with van der Waals surface area (Å²) in [6.07, 6.45) is 1.60. The van der Waals surface area contributed by atoms with E-state index in [0.717, 1.165) is 5.69 Å². The van der Waals surface area contributed by atoms with Gasteiger partial charge in [0.15, 0.2) is 0 Å². The van der Waals surface area contributed by atoms with Crippen molar-refractivity contribution < 1.29 is 9.18 Å². The second-order valence-corrected chi connectivity index (χ2v) is 3.29. The largest absolute Gasteiger partial charge is 0.344 e. The minimum absolute atomic E-state index is 0.313. The Morgan fingerprint density at radius 3 is 2.86 bits per heavy atom. The standard InChI is InChI=1S/C8H11ClFN3O/c1-5(12-8(14)7(9)10)6-3-4-11-13(6)2/h3-5,7H,1-2H3,(H,12,14)/t5-,7?/m1/s1. The van der Waals surface area contributed by atoms with Crippen LogP contribution in [0.25, 0.3) is 0 Å². The summed E-state index contributed by atoms with van der Waals surface area (Å²) in [5.41, 5.74) is -1.22. The maximum Gasteiger partial charge on any atom is 0.270 e. The summed E-state index contributed by atoms with van der Waals surface area (Å²) in [7, 11) is 1.74. The predicted octanol–water partition coefficient (Wildman–Crippen LogP) is 1.13. The summed E-state index contributed by atoms with van der Waals surface area (Å²) in [5, 5.41) is 6.34. The highest BCUT2D eigenvalue weighted by molar-refractivity contribution is 6.29. The van der Waals surface area contributed by atoms with E-state index in [4.69, 9.17) is 11.6 Å². The van der Waals surface area contributed by atoms with E-state index in [1.807, 2.05) is 0 Å². The number of aromatic nitrogens is 2. The van der Waals surface area contributed by atoms with Crippen LogP contribution in [0.5, 0.6) is 0 Å². The third kappa shape index (κ3) is 2.45. The second kappa shape index (κ2) is 4.41. The molecule has 1 amide bonds. The summed E-state index contributed by atoms with van der Waals surface area (Å²) in [6.45, 7) is 1.73. The maximum absolute atomic E-state index is 12.3. The molecule has 1 rings (SSSR count). The molecule has 1 unspecified atom stereocenters. The van der Waals surface area contributed by atoms with Gasteiger partial charge in [0.05, 0.1) is 11.7 Å². The molecule has 2 atom stereocenters. The molecular weight excluding hydrogens is 209 g/mol. The summed E-state index contributed by atoms with van der Waals surface area (Å²) in [6, 6.07) is 1.43. The molecule has 0 bridgehead atoms. The first-order valence-corrected chi connectivity index (χ1v) is 4.52. The molecule has 0 spiro atoms. The monoisotopic (exact) mass is 219 g/mol. The lowest BCUT2D eigenvalue weighted by molar-refractivity contribution is -0.124. The zero-order chi connectivity index (χ0) is 10.7. The van der Waals surface area contributed by atoms with Crippen LogP contribution in [0.4, 0.5) is 4.39 Å². The summed E-state index contributed by atoms with van der Waals surface area (Å²) in [5.74, 6) is -0.833. The van der Waals surface area contributed by atoms with Gasteiger partial charge in [0.25, 0.3) is 11.5 Å². The third-order valence-electron chi connectivity index (χ3n) is 1.86. The topological polar surface area (TPSA) is 46.9 Å². The van der Waals surface area contributed by atoms with E-state index in [2.05, 4.69) is 10.4 Å². The number of nitrogens with zero attached hydrogens (tertiary/aromatic N) is 2. The van der Waals surface area contributed by atoms with Crippen LogP contribution in [0, 0.1) is 0 Å². The number of carbonyl (C=O) groups is 1. The van der Waals surface area contributed by atoms with Gasteiger partial charge in [-0.05, 0) is 13.0 Å². The van der Waals surface area contributed by atoms with Crippen molar-refractivity contribution in [2.24, 2.45) is 7.05 Å². The van der Waals surface area contributed by atoms with Crippen molar-refractivity contribution in [3.63, 3.8) is 0 Å². The maximum atomic E-state index is 12.3. The Morgan fingerprint density at radius 2 is 2.43 bits per heavy atom. The van der Waals surface area contributed by atoms with Gasteiger partial charge in [-0.15, -0.1) is 0 Å². The number of halogens is 2. The fraction of sp³-hybridized carbons (Fsp3) is 0.500. The van der Waals surface area contributed by atoms with Crippen LogP contribution in [0.15, 0.2) is 12.3 Å². The van der Waals surface area contributed by atoms with Crippen LogP contribution in [-0.4, -0.2) is 21.3 Å². The number of carbonyl (C=O) groups excluding carboxylic acids is 1. The summed E-state index contributed by atoms with van der Waals surface area (Å²) < 4.78 is 13.9.